The van der Waals surface area contributed by atoms with Crippen molar-refractivity contribution in [3.05, 3.63) is 70.4 Å². The molecule has 3 nitrogen and oxygen atoms in total. The van der Waals surface area contributed by atoms with Crippen LogP contribution < -0.4 is 0 Å². The molecule has 0 radical (unpaired) electrons. The summed E-state index contributed by atoms with van der Waals surface area (Å²) in [5.41, 5.74) is 2.92. The zero-order chi connectivity index (χ0) is 20.2. The fourth-order valence-electron chi connectivity index (χ4n) is 3.96. The summed E-state index contributed by atoms with van der Waals surface area (Å²) in [6, 6.07) is 14.5. The maximum absolute atomic E-state index is 13.3. The number of rotatable bonds is 4. The van der Waals surface area contributed by atoms with Crippen molar-refractivity contribution in [3.63, 3.8) is 0 Å². The van der Waals surface area contributed by atoms with Crippen LogP contribution >= 0.6 is 11.8 Å². The normalized spacial score (nSPS) is 20.8. The standard InChI is InChI=1S/C24H25FN2OS/c1-2-18-8-6-7-11-21(18)26-24-27(20-9-4-3-5-10-20)23(28)22(29-24)16-17-12-14-19(25)15-13-17/h6-8,11-16,20H,2-5,9-10H2,1H3/b22-16+,26-24?. The molecule has 1 amide bonds. The number of nitrogens with zero attached hydrogens (tertiary/aromatic N) is 2. The predicted molar refractivity (Wildman–Crippen MR) is 119 cm³/mol. The van der Waals surface area contributed by atoms with Gasteiger partial charge in [0.2, 0.25) is 0 Å². The monoisotopic (exact) mass is 408 g/mol. The van der Waals surface area contributed by atoms with Crippen LogP contribution in [0.25, 0.3) is 6.08 Å². The van der Waals surface area contributed by atoms with Crippen LogP contribution in [0, 0.1) is 5.82 Å². The zero-order valence-corrected chi connectivity index (χ0v) is 17.4. The third-order valence-corrected chi connectivity index (χ3v) is 6.52. The molecule has 0 N–H and O–H groups in total. The van der Waals surface area contributed by atoms with Gasteiger partial charge in [-0.25, -0.2) is 9.38 Å². The van der Waals surface area contributed by atoms with E-state index in [9.17, 15) is 9.18 Å². The van der Waals surface area contributed by atoms with E-state index < -0.39 is 0 Å². The van der Waals surface area contributed by atoms with E-state index in [1.165, 1.54) is 35.9 Å². The summed E-state index contributed by atoms with van der Waals surface area (Å²) in [5.74, 6) is -0.265. The first kappa shape index (κ1) is 19.9. The van der Waals surface area contributed by atoms with Crippen LogP contribution in [0.4, 0.5) is 10.1 Å². The van der Waals surface area contributed by atoms with E-state index in [1.54, 1.807) is 12.1 Å². The Morgan fingerprint density at radius 2 is 1.83 bits per heavy atom. The molecule has 150 valence electrons. The minimum absolute atomic E-state index is 0.0129. The van der Waals surface area contributed by atoms with E-state index in [4.69, 9.17) is 4.99 Å². The average molecular weight is 409 g/mol. The summed E-state index contributed by atoms with van der Waals surface area (Å²) in [4.78, 5) is 20.8. The van der Waals surface area contributed by atoms with E-state index in [0.29, 0.717) is 4.91 Å². The van der Waals surface area contributed by atoms with Gasteiger partial charge in [0.25, 0.3) is 5.91 Å². The number of benzene rings is 2. The van der Waals surface area contributed by atoms with Crippen molar-refractivity contribution >= 4 is 34.6 Å². The molecule has 0 aromatic heterocycles. The van der Waals surface area contributed by atoms with E-state index in [0.717, 1.165) is 48.5 Å². The smallest absolute Gasteiger partial charge is 0.267 e. The van der Waals surface area contributed by atoms with Crippen LogP contribution in [-0.2, 0) is 11.2 Å². The molecule has 2 aromatic carbocycles. The molecule has 2 fully saturated rings. The number of hydrogen-bond acceptors (Lipinski definition) is 3. The number of halogens is 1. The molecule has 4 rings (SSSR count). The first-order valence-corrected chi connectivity index (χ1v) is 11.1. The Kier molecular flexibility index (Phi) is 6.14. The molecular formula is C24H25FN2OS. The van der Waals surface area contributed by atoms with E-state index in [2.05, 4.69) is 13.0 Å². The zero-order valence-electron chi connectivity index (χ0n) is 16.6. The quantitative estimate of drug-likeness (QED) is 0.554. The highest BCUT2D eigenvalue weighted by Crippen LogP contribution is 2.39. The van der Waals surface area contributed by atoms with Crippen LogP contribution in [0.1, 0.15) is 50.2 Å². The molecular weight excluding hydrogens is 383 g/mol. The first-order chi connectivity index (χ1) is 14.2. The van der Waals surface area contributed by atoms with Gasteiger partial charge in [-0.15, -0.1) is 0 Å². The second-order valence-electron chi connectivity index (χ2n) is 7.51. The molecule has 1 saturated carbocycles. The summed E-state index contributed by atoms with van der Waals surface area (Å²) in [7, 11) is 0. The third-order valence-electron chi connectivity index (χ3n) is 5.53. The lowest BCUT2D eigenvalue weighted by atomic mass is 9.94. The van der Waals surface area contributed by atoms with Gasteiger partial charge in [-0.2, -0.15) is 0 Å². The minimum Gasteiger partial charge on any atom is -0.283 e. The number of aliphatic imine (C=N–C) groups is 1. The van der Waals surface area contributed by atoms with Crippen molar-refractivity contribution < 1.29 is 9.18 Å². The fourth-order valence-corrected chi connectivity index (χ4v) is 5.01. The van der Waals surface area contributed by atoms with Gasteiger partial charge in [0.1, 0.15) is 5.82 Å². The molecule has 1 saturated heterocycles. The van der Waals surface area contributed by atoms with Crippen LogP contribution in [0.5, 0.6) is 0 Å². The van der Waals surface area contributed by atoms with Crippen LogP contribution in [0.15, 0.2) is 58.4 Å². The molecule has 0 unspecified atom stereocenters. The maximum Gasteiger partial charge on any atom is 0.267 e. The largest absolute Gasteiger partial charge is 0.283 e. The van der Waals surface area contributed by atoms with Gasteiger partial charge < -0.3 is 0 Å². The molecule has 5 heteroatoms. The molecule has 1 aliphatic carbocycles. The number of amidine groups is 1. The van der Waals surface area contributed by atoms with E-state index >= 15 is 0 Å². The summed E-state index contributed by atoms with van der Waals surface area (Å²) in [6.07, 6.45) is 8.30. The molecule has 29 heavy (non-hydrogen) atoms. The lowest BCUT2D eigenvalue weighted by molar-refractivity contribution is -0.124. The Labute approximate surface area is 175 Å². The van der Waals surface area contributed by atoms with Crippen molar-refractivity contribution in [2.75, 3.05) is 0 Å². The van der Waals surface area contributed by atoms with E-state index in [-0.39, 0.29) is 17.8 Å². The highest BCUT2D eigenvalue weighted by Gasteiger charge is 2.38. The summed E-state index contributed by atoms with van der Waals surface area (Å²) >= 11 is 1.43. The van der Waals surface area contributed by atoms with Crippen molar-refractivity contribution in [2.24, 2.45) is 4.99 Å². The molecule has 2 aromatic rings. The molecule has 1 aliphatic heterocycles. The minimum atomic E-state index is -0.278. The molecule has 2 aliphatic rings. The first-order valence-electron chi connectivity index (χ1n) is 10.3. The Balaban J connectivity index is 1.72. The average Bonchev–Trinajstić information content (AvgIpc) is 3.05. The molecule has 0 spiro atoms. The van der Waals surface area contributed by atoms with Gasteiger partial charge in [0.15, 0.2) is 5.17 Å². The van der Waals surface area contributed by atoms with Crippen LogP contribution in [-0.4, -0.2) is 22.0 Å². The number of carbonyl (C=O) groups is 1. The van der Waals surface area contributed by atoms with Crippen molar-refractivity contribution in [3.8, 4) is 0 Å². The second-order valence-corrected chi connectivity index (χ2v) is 8.51. The summed E-state index contributed by atoms with van der Waals surface area (Å²) in [6.45, 7) is 2.12. The SMILES string of the molecule is CCc1ccccc1N=C1S/C(=C/c2ccc(F)cc2)C(=O)N1C1CCCCC1. The van der Waals surface area contributed by atoms with Crippen molar-refractivity contribution in [2.45, 2.75) is 51.5 Å². The predicted octanol–water partition coefficient (Wildman–Crippen LogP) is 6.32. The molecule has 0 atom stereocenters. The Hall–Kier alpha value is -2.40. The van der Waals surface area contributed by atoms with Gasteiger partial charge in [-0.05, 0) is 66.4 Å². The topological polar surface area (TPSA) is 32.7 Å². The van der Waals surface area contributed by atoms with Crippen LogP contribution in [0.2, 0.25) is 0 Å². The lowest BCUT2D eigenvalue weighted by Crippen LogP contribution is -2.40. The van der Waals surface area contributed by atoms with Crippen molar-refractivity contribution in [1.29, 1.82) is 0 Å². The maximum atomic E-state index is 13.3. The van der Waals surface area contributed by atoms with Gasteiger partial charge in [0, 0.05) is 6.04 Å². The number of carbonyl (C=O) groups excluding carboxylic acids is 1. The van der Waals surface area contributed by atoms with Gasteiger partial charge in [-0.1, -0.05) is 56.5 Å². The number of aryl methyl sites for hydroxylation is 1. The number of amides is 1. The fraction of sp³-hybridized carbons (Fsp3) is 0.333. The molecule has 0 bridgehead atoms. The summed E-state index contributed by atoms with van der Waals surface area (Å²) < 4.78 is 13.2. The Bertz CT molecular complexity index is 946. The second kappa shape index (κ2) is 8.95. The van der Waals surface area contributed by atoms with E-state index in [1.807, 2.05) is 29.2 Å². The Morgan fingerprint density at radius 3 is 2.55 bits per heavy atom. The third kappa shape index (κ3) is 4.45. The summed E-state index contributed by atoms with van der Waals surface area (Å²) in [5, 5.41) is 0.760. The highest BCUT2D eigenvalue weighted by molar-refractivity contribution is 8.18. The lowest BCUT2D eigenvalue weighted by Gasteiger charge is -2.30. The number of para-hydroxylation sites is 1. The van der Waals surface area contributed by atoms with Crippen molar-refractivity contribution in [1.82, 2.24) is 4.90 Å². The van der Waals surface area contributed by atoms with Crippen LogP contribution in [0.3, 0.4) is 0 Å². The van der Waals surface area contributed by atoms with Gasteiger partial charge in [0.05, 0.1) is 10.6 Å². The molecule has 1 heterocycles. The Morgan fingerprint density at radius 1 is 1.10 bits per heavy atom. The van der Waals surface area contributed by atoms with Gasteiger partial charge >= 0.3 is 0 Å². The number of thioether (sulfide) groups is 1. The highest BCUT2D eigenvalue weighted by atomic mass is 32.2. The van der Waals surface area contributed by atoms with Gasteiger partial charge in [-0.3, -0.25) is 9.69 Å². The number of hydrogen-bond donors (Lipinski definition) is 0.